The van der Waals surface area contributed by atoms with Gasteiger partial charge in [-0.05, 0) is 36.4 Å². The van der Waals surface area contributed by atoms with Crippen LogP contribution in [0.1, 0.15) is 10.4 Å². The zero-order valence-electron chi connectivity index (χ0n) is 12.2. The first-order valence-corrected chi connectivity index (χ1v) is 7.70. The van der Waals surface area contributed by atoms with E-state index in [1.54, 1.807) is 6.07 Å². The van der Waals surface area contributed by atoms with Gasteiger partial charge in [0.25, 0.3) is 5.91 Å². The van der Waals surface area contributed by atoms with Gasteiger partial charge in [-0.3, -0.25) is 14.9 Å². The summed E-state index contributed by atoms with van der Waals surface area (Å²) in [6.07, 6.45) is 0. The Morgan fingerprint density at radius 1 is 1.08 bits per heavy atom. The number of ether oxygens (including phenoxy) is 1. The Morgan fingerprint density at radius 2 is 1.75 bits per heavy atom. The van der Waals surface area contributed by atoms with E-state index in [9.17, 15) is 22.8 Å². The van der Waals surface area contributed by atoms with Crippen molar-refractivity contribution in [2.45, 2.75) is 11.5 Å². The predicted octanol–water partition coefficient (Wildman–Crippen LogP) is 3.48. The molecule has 0 fully saturated rings. The van der Waals surface area contributed by atoms with Gasteiger partial charge < -0.3 is 4.74 Å². The molecule has 0 spiro atoms. The van der Waals surface area contributed by atoms with Crippen LogP contribution >= 0.6 is 11.8 Å². The largest absolute Gasteiger partial charge is 0.435 e. The van der Waals surface area contributed by atoms with Gasteiger partial charge in [0.1, 0.15) is 11.6 Å². The number of rotatable bonds is 6. The van der Waals surface area contributed by atoms with Crippen LogP contribution in [-0.4, -0.2) is 24.2 Å². The maximum Gasteiger partial charge on any atom is 0.387 e. The fraction of sp³-hybridized carbons (Fsp3) is 0.125. The summed E-state index contributed by atoms with van der Waals surface area (Å²) in [6.45, 7) is -2.96. The highest BCUT2D eigenvalue weighted by molar-refractivity contribution is 8.00. The summed E-state index contributed by atoms with van der Waals surface area (Å²) in [6, 6.07) is 10.9. The summed E-state index contributed by atoms with van der Waals surface area (Å²) < 4.78 is 41.6. The van der Waals surface area contributed by atoms with Crippen LogP contribution in [0.2, 0.25) is 0 Å². The van der Waals surface area contributed by atoms with Crippen LogP contribution < -0.4 is 10.1 Å². The van der Waals surface area contributed by atoms with E-state index in [-0.39, 0.29) is 17.1 Å². The van der Waals surface area contributed by atoms with Gasteiger partial charge in [0.05, 0.1) is 5.75 Å². The highest BCUT2D eigenvalue weighted by atomic mass is 32.2. The van der Waals surface area contributed by atoms with Crippen LogP contribution in [0.15, 0.2) is 53.4 Å². The van der Waals surface area contributed by atoms with Crippen LogP contribution in [0.4, 0.5) is 13.2 Å². The van der Waals surface area contributed by atoms with E-state index in [1.807, 2.05) is 0 Å². The molecule has 0 heterocycles. The molecule has 0 unspecified atom stereocenters. The van der Waals surface area contributed by atoms with Gasteiger partial charge in [0.15, 0.2) is 0 Å². The molecular weight excluding hydrogens is 343 g/mol. The number of imide groups is 1. The molecule has 4 nitrogen and oxygen atoms in total. The van der Waals surface area contributed by atoms with Crippen molar-refractivity contribution in [3.8, 4) is 5.75 Å². The minimum Gasteiger partial charge on any atom is -0.435 e. The third kappa shape index (κ3) is 5.31. The monoisotopic (exact) mass is 355 g/mol. The van der Waals surface area contributed by atoms with Gasteiger partial charge >= 0.3 is 6.61 Å². The number of amides is 2. The van der Waals surface area contributed by atoms with Crippen molar-refractivity contribution in [3.05, 3.63) is 59.9 Å². The molecule has 24 heavy (non-hydrogen) atoms. The Labute approximate surface area is 140 Å². The molecule has 0 bridgehead atoms. The third-order valence-electron chi connectivity index (χ3n) is 2.79. The van der Waals surface area contributed by atoms with Crippen LogP contribution in [0.3, 0.4) is 0 Å². The van der Waals surface area contributed by atoms with Crippen molar-refractivity contribution in [2.75, 3.05) is 5.75 Å². The van der Waals surface area contributed by atoms with E-state index in [4.69, 9.17) is 0 Å². The first kappa shape index (κ1) is 17.9. The van der Waals surface area contributed by atoms with E-state index in [0.29, 0.717) is 4.90 Å². The summed E-state index contributed by atoms with van der Waals surface area (Å²) in [5.41, 5.74) is 0.112. The number of thioether (sulfide) groups is 1. The first-order chi connectivity index (χ1) is 11.5. The number of carbonyl (C=O) groups excluding carboxylic acids is 2. The number of halogens is 3. The smallest absolute Gasteiger partial charge is 0.387 e. The zero-order chi connectivity index (χ0) is 17.5. The molecule has 0 atom stereocenters. The molecule has 1 N–H and O–H groups in total. The summed E-state index contributed by atoms with van der Waals surface area (Å²) in [5.74, 6) is -1.96. The van der Waals surface area contributed by atoms with Crippen molar-refractivity contribution < 1.29 is 27.5 Å². The first-order valence-electron chi connectivity index (χ1n) is 6.72. The summed E-state index contributed by atoms with van der Waals surface area (Å²) >= 11 is 0.959. The maximum absolute atomic E-state index is 13.4. The molecule has 0 aliphatic carbocycles. The average molecular weight is 355 g/mol. The highest BCUT2D eigenvalue weighted by Crippen LogP contribution is 2.20. The lowest BCUT2D eigenvalue weighted by atomic mass is 10.2. The predicted molar refractivity (Wildman–Crippen MR) is 82.7 cm³/mol. The molecule has 0 aliphatic rings. The number of hydrogen-bond donors (Lipinski definition) is 1. The molecule has 0 saturated carbocycles. The number of nitrogens with one attached hydrogen (secondary N) is 1. The Kier molecular flexibility index (Phi) is 6.25. The summed E-state index contributed by atoms with van der Waals surface area (Å²) in [5, 5.41) is 2.14. The standard InChI is InChI=1S/C16H12F3NO3S/c17-12-3-1-2-4-13(12)24-9-14(21)20-15(22)10-5-7-11(8-6-10)23-16(18)19/h1-8,16H,9H2,(H,20,21,22). The second-order valence-electron chi connectivity index (χ2n) is 4.50. The molecule has 0 saturated heterocycles. The van der Waals surface area contributed by atoms with Crippen molar-refractivity contribution in [2.24, 2.45) is 0 Å². The maximum atomic E-state index is 13.4. The Bertz CT molecular complexity index is 723. The van der Waals surface area contributed by atoms with Crippen molar-refractivity contribution in [1.82, 2.24) is 5.32 Å². The SMILES string of the molecule is O=C(CSc1ccccc1F)NC(=O)c1ccc(OC(F)F)cc1. The molecule has 2 rings (SSSR count). The van der Waals surface area contributed by atoms with E-state index in [2.05, 4.69) is 10.1 Å². The van der Waals surface area contributed by atoms with Gasteiger partial charge in [-0.15, -0.1) is 11.8 Å². The van der Waals surface area contributed by atoms with Crippen LogP contribution in [-0.2, 0) is 4.79 Å². The van der Waals surface area contributed by atoms with E-state index in [0.717, 1.165) is 11.8 Å². The Morgan fingerprint density at radius 3 is 2.38 bits per heavy atom. The third-order valence-corrected chi connectivity index (χ3v) is 3.84. The molecule has 2 aromatic rings. The second-order valence-corrected chi connectivity index (χ2v) is 5.52. The van der Waals surface area contributed by atoms with Crippen LogP contribution in [0.25, 0.3) is 0 Å². The number of carbonyl (C=O) groups is 2. The van der Waals surface area contributed by atoms with Crippen LogP contribution in [0, 0.1) is 5.82 Å². The van der Waals surface area contributed by atoms with Crippen molar-refractivity contribution >= 4 is 23.6 Å². The topological polar surface area (TPSA) is 55.4 Å². The quantitative estimate of drug-likeness (QED) is 0.806. The molecule has 2 aromatic carbocycles. The van der Waals surface area contributed by atoms with Crippen LogP contribution in [0.5, 0.6) is 5.75 Å². The molecule has 0 radical (unpaired) electrons. The fourth-order valence-corrected chi connectivity index (χ4v) is 2.47. The van der Waals surface area contributed by atoms with Gasteiger partial charge in [-0.1, -0.05) is 12.1 Å². The highest BCUT2D eigenvalue weighted by Gasteiger charge is 2.12. The lowest BCUT2D eigenvalue weighted by molar-refractivity contribution is -0.117. The van der Waals surface area contributed by atoms with Crippen molar-refractivity contribution in [1.29, 1.82) is 0 Å². The van der Waals surface area contributed by atoms with Crippen molar-refractivity contribution in [3.63, 3.8) is 0 Å². The number of hydrogen-bond acceptors (Lipinski definition) is 4. The molecular formula is C16H12F3NO3S. The van der Waals surface area contributed by atoms with Gasteiger partial charge in [0.2, 0.25) is 5.91 Å². The zero-order valence-corrected chi connectivity index (χ0v) is 13.0. The minimum absolute atomic E-state index is 0.0945. The molecule has 0 aliphatic heterocycles. The average Bonchev–Trinajstić information content (AvgIpc) is 2.54. The normalized spacial score (nSPS) is 10.5. The minimum atomic E-state index is -2.96. The fourth-order valence-electron chi connectivity index (χ4n) is 1.73. The second kappa shape index (κ2) is 8.39. The summed E-state index contributed by atoms with van der Waals surface area (Å²) in [4.78, 5) is 23.9. The molecule has 2 amide bonds. The Hall–Kier alpha value is -2.48. The van der Waals surface area contributed by atoms with E-state index < -0.39 is 24.2 Å². The van der Waals surface area contributed by atoms with E-state index in [1.165, 1.54) is 42.5 Å². The van der Waals surface area contributed by atoms with Gasteiger partial charge in [0, 0.05) is 10.5 Å². The lowest BCUT2D eigenvalue weighted by Crippen LogP contribution is -2.31. The number of alkyl halides is 2. The van der Waals surface area contributed by atoms with Gasteiger partial charge in [-0.25, -0.2) is 4.39 Å². The van der Waals surface area contributed by atoms with Gasteiger partial charge in [-0.2, -0.15) is 8.78 Å². The lowest BCUT2D eigenvalue weighted by Gasteiger charge is -2.07. The summed E-state index contributed by atoms with van der Waals surface area (Å²) in [7, 11) is 0. The Balaban J connectivity index is 1.87. The molecule has 8 heteroatoms. The molecule has 126 valence electrons. The molecule has 0 aromatic heterocycles. The number of benzene rings is 2. The van der Waals surface area contributed by atoms with E-state index >= 15 is 0 Å².